The molecule has 0 bridgehead atoms. The molecule has 2 unspecified atom stereocenters. The molecule has 0 aromatic heterocycles. The van der Waals surface area contributed by atoms with Crippen LogP contribution < -0.4 is 5.73 Å². The summed E-state index contributed by atoms with van der Waals surface area (Å²) in [5.41, 5.74) is 6.23. The standard InChI is InChI=1S/C14H29N3/c1-2-7-16-8-10-17(11-9-16)12-13-5-3-4-6-14(13)15/h13-14H,2-12,15H2,1H3. The van der Waals surface area contributed by atoms with Crippen molar-refractivity contribution in [1.82, 2.24) is 9.80 Å². The molecule has 100 valence electrons. The molecule has 2 atom stereocenters. The number of nitrogens with two attached hydrogens (primary N) is 1. The molecule has 2 N–H and O–H groups in total. The van der Waals surface area contributed by atoms with Crippen LogP contribution in [0.15, 0.2) is 0 Å². The topological polar surface area (TPSA) is 32.5 Å². The van der Waals surface area contributed by atoms with E-state index in [9.17, 15) is 0 Å². The normalized spacial score (nSPS) is 32.8. The van der Waals surface area contributed by atoms with E-state index in [1.54, 1.807) is 0 Å². The van der Waals surface area contributed by atoms with Crippen LogP contribution in [0.2, 0.25) is 0 Å². The van der Waals surface area contributed by atoms with Crippen LogP contribution >= 0.6 is 0 Å². The molecule has 3 heteroatoms. The maximum Gasteiger partial charge on any atom is 0.0110 e. The zero-order chi connectivity index (χ0) is 12.1. The molecule has 1 saturated carbocycles. The molecule has 0 spiro atoms. The van der Waals surface area contributed by atoms with E-state index in [1.165, 1.54) is 71.4 Å². The molecule has 2 fully saturated rings. The highest BCUT2D eigenvalue weighted by molar-refractivity contribution is 4.82. The van der Waals surface area contributed by atoms with Crippen molar-refractivity contribution in [2.24, 2.45) is 11.7 Å². The average Bonchev–Trinajstić information content (AvgIpc) is 2.35. The molecule has 2 rings (SSSR count). The zero-order valence-electron chi connectivity index (χ0n) is 11.4. The molecule has 0 aromatic rings. The predicted molar refractivity (Wildman–Crippen MR) is 73.1 cm³/mol. The third-order valence-corrected chi connectivity index (χ3v) is 4.47. The second-order valence-electron chi connectivity index (χ2n) is 5.85. The second-order valence-corrected chi connectivity index (χ2v) is 5.85. The number of rotatable bonds is 4. The Bertz CT molecular complexity index is 212. The molecular weight excluding hydrogens is 210 g/mol. The number of piperazine rings is 1. The summed E-state index contributed by atoms with van der Waals surface area (Å²) in [6, 6.07) is 0.470. The Morgan fingerprint density at radius 1 is 1.00 bits per heavy atom. The molecule has 1 aliphatic carbocycles. The smallest absolute Gasteiger partial charge is 0.0110 e. The van der Waals surface area contributed by atoms with E-state index in [0.717, 1.165) is 5.92 Å². The molecule has 1 heterocycles. The van der Waals surface area contributed by atoms with Crippen LogP contribution in [0, 0.1) is 5.92 Å². The van der Waals surface area contributed by atoms with E-state index in [-0.39, 0.29) is 0 Å². The van der Waals surface area contributed by atoms with E-state index in [0.29, 0.717) is 6.04 Å². The maximum absolute atomic E-state index is 6.23. The van der Waals surface area contributed by atoms with Gasteiger partial charge in [0.05, 0.1) is 0 Å². The quantitative estimate of drug-likeness (QED) is 0.807. The molecule has 17 heavy (non-hydrogen) atoms. The Labute approximate surface area is 106 Å². The van der Waals surface area contributed by atoms with Crippen molar-refractivity contribution >= 4 is 0 Å². The number of nitrogens with zero attached hydrogens (tertiary/aromatic N) is 2. The lowest BCUT2D eigenvalue weighted by molar-refractivity contribution is 0.104. The first-order valence-corrected chi connectivity index (χ1v) is 7.50. The highest BCUT2D eigenvalue weighted by Gasteiger charge is 2.25. The summed E-state index contributed by atoms with van der Waals surface area (Å²) < 4.78 is 0. The number of hydrogen-bond acceptors (Lipinski definition) is 3. The minimum Gasteiger partial charge on any atom is -0.327 e. The monoisotopic (exact) mass is 239 g/mol. The SMILES string of the molecule is CCCN1CCN(CC2CCCCC2N)CC1. The maximum atomic E-state index is 6.23. The largest absolute Gasteiger partial charge is 0.327 e. The highest BCUT2D eigenvalue weighted by atomic mass is 15.3. The van der Waals surface area contributed by atoms with Gasteiger partial charge in [0.2, 0.25) is 0 Å². The molecule has 0 aromatic carbocycles. The summed E-state index contributed by atoms with van der Waals surface area (Å²) in [6.45, 7) is 9.82. The molecule has 0 amide bonds. The third-order valence-electron chi connectivity index (χ3n) is 4.47. The van der Waals surface area contributed by atoms with Crippen molar-refractivity contribution in [3.8, 4) is 0 Å². The molecule has 1 saturated heterocycles. The lowest BCUT2D eigenvalue weighted by Gasteiger charge is -2.38. The van der Waals surface area contributed by atoms with Gasteiger partial charge in [-0.1, -0.05) is 19.8 Å². The van der Waals surface area contributed by atoms with Crippen LogP contribution in [0.25, 0.3) is 0 Å². The van der Waals surface area contributed by atoms with Gasteiger partial charge in [-0.2, -0.15) is 0 Å². The summed E-state index contributed by atoms with van der Waals surface area (Å²) in [5.74, 6) is 0.765. The van der Waals surface area contributed by atoms with E-state index in [2.05, 4.69) is 16.7 Å². The Balaban J connectivity index is 1.70. The van der Waals surface area contributed by atoms with Crippen LogP contribution in [-0.2, 0) is 0 Å². The van der Waals surface area contributed by atoms with Crippen molar-refractivity contribution in [3.05, 3.63) is 0 Å². The summed E-state index contributed by atoms with van der Waals surface area (Å²) in [5, 5.41) is 0. The third kappa shape index (κ3) is 3.94. The molecule has 3 nitrogen and oxygen atoms in total. The Morgan fingerprint density at radius 3 is 2.29 bits per heavy atom. The molecular formula is C14H29N3. The van der Waals surface area contributed by atoms with Gasteiger partial charge in [-0.15, -0.1) is 0 Å². The van der Waals surface area contributed by atoms with Crippen LogP contribution in [0.3, 0.4) is 0 Å². The fraction of sp³-hybridized carbons (Fsp3) is 1.00. The van der Waals surface area contributed by atoms with Gasteiger partial charge in [-0.25, -0.2) is 0 Å². The lowest BCUT2D eigenvalue weighted by atomic mass is 9.84. The first-order chi connectivity index (χ1) is 8.29. The Morgan fingerprint density at radius 2 is 1.65 bits per heavy atom. The van der Waals surface area contributed by atoms with Crippen LogP contribution in [0.4, 0.5) is 0 Å². The van der Waals surface area contributed by atoms with Gasteiger partial charge < -0.3 is 15.5 Å². The number of hydrogen-bond donors (Lipinski definition) is 1. The molecule has 0 radical (unpaired) electrons. The summed E-state index contributed by atoms with van der Waals surface area (Å²) in [6.07, 6.45) is 6.64. The van der Waals surface area contributed by atoms with Gasteiger partial charge in [0, 0.05) is 38.8 Å². The van der Waals surface area contributed by atoms with Crippen molar-refractivity contribution < 1.29 is 0 Å². The van der Waals surface area contributed by atoms with Gasteiger partial charge >= 0.3 is 0 Å². The van der Waals surface area contributed by atoms with E-state index in [1.807, 2.05) is 0 Å². The highest BCUT2D eigenvalue weighted by Crippen LogP contribution is 2.24. The minimum atomic E-state index is 0.470. The summed E-state index contributed by atoms with van der Waals surface area (Å²) in [4.78, 5) is 5.24. The van der Waals surface area contributed by atoms with Crippen molar-refractivity contribution in [3.63, 3.8) is 0 Å². The minimum absolute atomic E-state index is 0.470. The second kappa shape index (κ2) is 6.72. The fourth-order valence-electron chi connectivity index (χ4n) is 3.31. The van der Waals surface area contributed by atoms with Gasteiger partial charge in [0.25, 0.3) is 0 Å². The summed E-state index contributed by atoms with van der Waals surface area (Å²) >= 11 is 0. The van der Waals surface area contributed by atoms with Gasteiger partial charge in [-0.05, 0) is 31.7 Å². The van der Waals surface area contributed by atoms with Gasteiger partial charge in [-0.3, -0.25) is 0 Å². The lowest BCUT2D eigenvalue weighted by Crippen LogP contribution is -2.50. The zero-order valence-corrected chi connectivity index (χ0v) is 11.4. The van der Waals surface area contributed by atoms with Crippen LogP contribution in [0.1, 0.15) is 39.0 Å². The Kier molecular flexibility index (Phi) is 5.26. The van der Waals surface area contributed by atoms with Crippen molar-refractivity contribution in [2.45, 2.75) is 45.1 Å². The van der Waals surface area contributed by atoms with E-state index < -0.39 is 0 Å². The first kappa shape index (κ1) is 13.3. The Hall–Kier alpha value is -0.120. The van der Waals surface area contributed by atoms with E-state index >= 15 is 0 Å². The average molecular weight is 239 g/mol. The van der Waals surface area contributed by atoms with Crippen LogP contribution in [0.5, 0.6) is 0 Å². The molecule has 2 aliphatic rings. The van der Waals surface area contributed by atoms with E-state index in [4.69, 9.17) is 5.73 Å². The van der Waals surface area contributed by atoms with Gasteiger partial charge in [0.15, 0.2) is 0 Å². The summed E-state index contributed by atoms with van der Waals surface area (Å²) in [7, 11) is 0. The molecule has 1 aliphatic heterocycles. The predicted octanol–water partition coefficient (Wildman–Crippen LogP) is 1.53. The fourth-order valence-corrected chi connectivity index (χ4v) is 3.31. The van der Waals surface area contributed by atoms with Gasteiger partial charge in [0.1, 0.15) is 0 Å². The van der Waals surface area contributed by atoms with Crippen LogP contribution in [-0.4, -0.2) is 55.1 Å². The van der Waals surface area contributed by atoms with Crippen molar-refractivity contribution in [2.75, 3.05) is 39.3 Å². The van der Waals surface area contributed by atoms with Crippen molar-refractivity contribution in [1.29, 1.82) is 0 Å². The first-order valence-electron chi connectivity index (χ1n) is 7.50.